The van der Waals surface area contributed by atoms with E-state index in [4.69, 9.17) is 5.73 Å². The molecule has 2 fully saturated rings. The zero-order valence-corrected chi connectivity index (χ0v) is 15.6. The molecule has 0 aromatic carbocycles. The van der Waals surface area contributed by atoms with E-state index in [9.17, 15) is 4.79 Å². The molecule has 6 heteroatoms. The molecule has 0 unspecified atom stereocenters. The minimum Gasteiger partial charge on any atom is -0.397 e. The largest absolute Gasteiger partial charge is 0.397 e. The van der Waals surface area contributed by atoms with Crippen molar-refractivity contribution >= 4 is 38.7 Å². The van der Waals surface area contributed by atoms with E-state index < -0.39 is 0 Å². The molecule has 0 bridgehead atoms. The second-order valence-electron chi connectivity index (χ2n) is 7.23. The van der Waals surface area contributed by atoms with Gasteiger partial charge in [0.05, 0.1) is 21.6 Å². The van der Waals surface area contributed by atoms with Gasteiger partial charge in [0.15, 0.2) is 5.78 Å². The number of aromatic nitrogens is 1. The first kappa shape index (κ1) is 16.8. The van der Waals surface area contributed by atoms with Crippen molar-refractivity contribution in [1.82, 2.24) is 9.88 Å². The minimum absolute atomic E-state index is 0.0234. The van der Waals surface area contributed by atoms with Crippen molar-refractivity contribution in [2.24, 2.45) is 0 Å². The number of rotatable bonds is 3. The van der Waals surface area contributed by atoms with Crippen LogP contribution in [-0.4, -0.2) is 47.9 Å². The van der Waals surface area contributed by atoms with Gasteiger partial charge in [0.25, 0.3) is 0 Å². The van der Waals surface area contributed by atoms with Crippen LogP contribution in [0.25, 0.3) is 10.2 Å². The Kier molecular flexibility index (Phi) is 4.65. The van der Waals surface area contributed by atoms with Crippen LogP contribution in [0.1, 0.15) is 48.7 Å². The first-order valence-corrected chi connectivity index (χ1v) is 10.1. The Morgan fingerprint density at radius 2 is 1.92 bits per heavy atom. The Balaban J connectivity index is 1.56. The number of Topliss-reactive ketones (excluding diaryl/α,β-unsaturated/α-hetero) is 1. The van der Waals surface area contributed by atoms with Crippen LogP contribution in [-0.2, 0) is 0 Å². The van der Waals surface area contributed by atoms with Gasteiger partial charge in [-0.15, -0.1) is 11.3 Å². The molecule has 2 N–H and O–H groups in total. The maximum atomic E-state index is 11.8. The number of likely N-dealkylation sites (tertiary alicyclic amines) is 1. The van der Waals surface area contributed by atoms with E-state index in [1.165, 1.54) is 56.5 Å². The Morgan fingerprint density at radius 1 is 1.20 bits per heavy atom. The summed E-state index contributed by atoms with van der Waals surface area (Å²) in [7, 11) is 0. The molecule has 0 aliphatic carbocycles. The highest BCUT2D eigenvalue weighted by molar-refractivity contribution is 7.21. The standard InChI is InChI=1S/C19H26N4OS/c1-13(24)18-17(20)16-15(5-8-21-19(16)25-18)23-11-6-14(7-12-23)22-9-3-2-4-10-22/h5,8,14H,2-4,6-7,9-12,20H2,1H3. The molecule has 2 aliphatic heterocycles. The van der Waals surface area contributed by atoms with Crippen molar-refractivity contribution in [1.29, 1.82) is 0 Å². The molecule has 134 valence electrons. The zero-order chi connectivity index (χ0) is 17.4. The zero-order valence-electron chi connectivity index (χ0n) is 14.8. The van der Waals surface area contributed by atoms with Crippen LogP contribution in [0, 0.1) is 0 Å². The van der Waals surface area contributed by atoms with E-state index in [2.05, 4.69) is 20.9 Å². The van der Waals surface area contributed by atoms with E-state index in [1.807, 2.05) is 6.20 Å². The van der Waals surface area contributed by atoms with Crippen molar-refractivity contribution in [3.05, 3.63) is 17.1 Å². The van der Waals surface area contributed by atoms with Gasteiger partial charge in [-0.3, -0.25) is 4.79 Å². The molecule has 4 heterocycles. The Labute approximate surface area is 152 Å². The van der Waals surface area contributed by atoms with E-state index in [0.29, 0.717) is 10.6 Å². The monoisotopic (exact) mass is 358 g/mol. The number of hydrogen-bond donors (Lipinski definition) is 1. The average molecular weight is 359 g/mol. The number of pyridine rings is 1. The number of nitrogen functional groups attached to an aromatic ring is 1. The molecule has 0 atom stereocenters. The number of nitrogens with two attached hydrogens (primary N) is 1. The van der Waals surface area contributed by atoms with Gasteiger partial charge in [-0.1, -0.05) is 6.42 Å². The topological polar surface area (TPSA) is 62.5 Å². The number of thiophene rings is 1. The molecule has 0 amide bonds. The van der Waals surface area contributed by atoms with E-state index in [-0.39, 0.29) is 5.78 Å². The summed E-state index contributed by atoms with van der Waals surface area (Å²) in [5, 5.41) is 0.967. The first-order chi connectivity index (χ1) is 12.1. The first-order valence-electron chi connectivity index (χ1n) is 9.32. The smallest absolute Gasteiger partial charge is 0.171 e. The van der Waals surface area contributed by atoms with Gasteiger partial charge >= 0.3 is 0 Å². The van der Waals surface area contributed by atoms with Gasteiger partial charge in [0.2, 0.25) is 0 Å². The quantitative estimate of drug-likeness (QED) is 0.851. The summed E-state index contributed by atoms with van der Waals surface area (Å²) in [4.78, 5) is 22.9. The number of hydrogen-bond acceptors (Lipinski definition) is 6. The summed E-state index contributed by atoms with van der Waals surface area (Å²) in [6.45, 7) is 6.20. The fourth-order valence-electron chi connectivity index (χ4n) is 4.31. The van der Waals surface area contributed by atoms with Crippen molar-refractivity contribution in [2.45, 2.75) is 45.1 Å². The van der Waals surface area contributed by atoms with Gasteiger partial charge in [-0.05, 0) is 44.8 Å². The molecule has 0 radical (unpaired) electrons. The third-order valence-electron chi connectivity index (χ3n) is 5.64. The van der Waals surface area contributed by atoms with Crippen LogP contribution in [0.3, 0.4) is 0 Å². The molecular formula is C19H26N4OS. The van der Waals surface area contributed by atoms with Crippen LogP contribution < -0.4 is 10.6 Å². The molecule has 2 aromatic rings. The van der Waals surface area contributed by atoms with E-state index in [1.54, 1.807) is 6.92 Å². The normalized spacial score (nSPS) is 20.3. The highest BCUT2D eigenvalue weighted by atomic mass is 32.1. The lowest BCUT2D eigenvalue weighted by Gasteiger charge is -2.41. The number of fused-ring (bicyclic) bond motifs is 1. The summed E-state index contributed by atoms with van der Waals surface area (Å²) in [6.07, 6.45) is 8.34. The molecule has 4 rings (SSSR count). The van der Waals surface area contributed by atoms with Gasteiger partial charge in [0, 0.05) is 32.3 Å². The lowest BCUT2D eigenvalue weighted by molar-refractivity contribution is 0.102. The number of carbonyl (C=O) groups is 1. The number of anilines is 2. The number of ketones is 1. The van der Waals surface area contributed by atoms with Gasteiger partial charge in [-0.25, -0.2) is 4.98 Å². The summed E-state index contributed by atoms with van der Waals surface area (Å²) in [5.41, 5.74) is 8.05. The van der Waals surface area contributed by atoms with Gasteiger partial charge < -0.3 is 15.5 Å². The maximum absolute atomic E-state index is 11.8. The summed E-state index contributed by atoms with van der Waals surface area (Å²) in [6, 6.07) is 2.78. The van der Waals surface area contributed by atoms with Crippen LogP contribution in [0.5, 0.6) is 0 Å². The van der Waals surface area contributed by atoms with E-state index in [0.717, 1.165) is 35.0 Å². The van der Waals surface area contributed by atoms with E-state index >= 15 is 0 Å². The van der Waals surface area contributed by atoms with Gasteiger partial charge in [-0.2, -0.15) is 0 Å². The highest BCUT2D eigenvalue weighted by Gasteiger charge is 2.27. The van der Waals surface area contributed by atoms with Crippen LogP contribution in [0.15, 0.2) is 12.3 Å². The SMILES string of the molecule is CC(=O)c1sc2nccc(N3CCC(N4CCCCC4)CC3)c2c1N. The van der Waals surface area contributed by atoms with Crippen molar-refractivity contribution < 1.29 is 4.79 Å². The fraction of sp³-hybridized carbons (Fsp3) is 0.579. The number of piperidine rings is 2. The fourth-order valence-corrected chi connectivity index (χ4v) is 5.29. The Hall–Kier alpha value is -1.66. The summed E-state index contributed by atoms with van der Waals surface area (Å²) >= 11 is 1.41. The highest BCUT2D eigenvalue weighted by Crippen LogP contribution is 2.39. The summed E-state index contributed by atoms with van der Waals surface area (Å²) in [5.74, 6) is 0.0234. The van der Waals surface area contributed by atoms with Crippen molar-refractivity contribution in [3.8, 4) is 0 Å². The van der Waals surface area contributed by atoms with Crippen LogP contribution >= 0.6 is 11.3 Å². The molecule has 5 nitrogen and oxygen atoms in total. The summed E-state index contributed by atoms with van der Waals surface area (Å²) < 4.78 is 0. The van der Waals surface area contributed by atoms with Crippen molar-refractivity contribution in [2.75, 3.05) is 36.8 Å². The minimum atomic E-state index is 0.0234. The number of carbonyl (C=O) groups excluding carboxylic acids is 1. The van der Waals surface area contributed by atoms with Crippen LogP contribution in [0.4, 0.5) is 11.4 Å². The molecule has 0 spiro atoms. The second kappa shape index (κ2) is 6.92. The predicted octanol–water partition coefficient (Wildman–Crippen LogP) is 3.54. The van der Waals surface area contributed by atoms with Crippen LogP contribution in [0.2, 0.25) is 0 Å². The van der Waals surface area contributed by atoms with Gasteiger partial charge in [0.1, 0.15) is 4.83 Å². The molecular weight excluding hydrogens is 332 g/mol. The molecule has 0 saturated carbocycles. The average Bonchev–Trinajstić information content (AvgIpc) is 3.00. The lowest BCUT2D eigenvalue weighted by Crippen LogP contribution is -2.46. The third kappa shape index (κ3) is 3.13. The molecule has 2 saturated heterocycles. The Bertz CT molecular complexity index is 773. The molecule has 25 heavy (non-hydrogen) atoms. The number of nitrogens with zero attached hydrogens (tertiary/aromatic N) is 3. The molecule has 2 aliphatic rings. The second-order valence-corrected chi connectivity index (χ2v) is 8.23. The Morgan fingerprint density at radius 3 is 2.60 bits per heavy atom. The predicted molar refractivity (Wildman–Crippen MR) is 105 cm³/mol. The third-order valence-corrected chi connectivity index (χ3v) is 6.85. The van der Waals surface area contributed by atoms with Crippen molar-refractivity contribution in [3.63, 3.8) is 0 Å². The lowest BCUT2D eigenvalue weighted by atomic mass is 9.99. The molecule has 2 aromatic heterocycles. The maximum Gasteiger partial charge on any atom is 0.171 e.